The number of aryl methyl sites for hydroxylation is 2. The van der Waals surface area contributed by atoms with Crippen molar-refractivity contribution >= 4 is 17.0 Å². The summed E-state index contributed by atoms with van der Waals surface area (Å²) in [5, 5.41) is 15.0. The largest absolute Gasteiger partial charge is 0.380 e. The molecule has 0 bridgehead atoms. The number of nitrogens with one attached hydrogen (secondary N) is 1. The van der Waals surface area contributed by atoms with Gasteiger partial charge in [-0.2, -0.15) is 4.68 Å². The summed E-state index contributed by atoms with van der Waals surface area (Å²) >= 11 is 1.81. The van der Waals surface area contributed by atoms with Crippen molar-refractivity contribution in [2.75, 3.05) is 5.32 Å². The van der Waals surface area contributed by atoms with E-state index in [0.29, 0.717) is 0 Å². The van der Waals surface area contributed by atoms with Crippen molar-refractivity contribution in [1.29, 1.82) is 0 Å². The predicted octanol–water partition coefficient (Wildman–Crippen LogP) is 2.95. The number of thiophene rings is 1. The van der Waals surface area contributed by atoms with E-state index in [-0.39, 0.29) is 0 Å². The molecule has 102 valence electrons. The zero-order valence-electron chi connectivity index (χ0n) is 11.4. The van der Waals surface area contributed by atoms with Gasteiger partial charge in [-0.25, -0.2) is 0 Å². The lowest BCUT2D eigenvalue weighted by Gasteiger charge is -2.07. The fraction of sp³-hybridized carbons (Fsp3) is 0.214. The van der Waals surface area contributed by atoms with Gasteiger partial charge in [-0.3, -0.25) is 0 Å². The summed E-state index contributed by atoms with van der Waals surface area (Å²) in [6.45, 7) is 4.83. The molecule has 0 atom stereocenters. The molecule has 0 saturated carbocycles. The molecule has 0 saturated heterocycles. The molecule has 20 heavy (non-hydrogen) atoms. The van der Waals surface area contributed by atoms with Gasteiger partial charge in [0, 0.05) is 22.0 Å². The lowest BCUT2D eigenvalue weighted by Crippen LogP contribution is -2.02. The van der Waals surface area contributed by atoms with Crippen LogP contribution in [0.4, 0.5) is 5.69 Å². The number of benzene rings is 1. The lowest BCUT2D eigenvalue weighted by atomic mass is 10.2. The second-order valence-electron chi connectivity index (χ2n) is 4.55. The van der Waals surface area contributed by atoms with Crippen molar-refractivity contribution < 1.29 is 0 Å². The van der Waals surface area contributed by atoms with Crippen LogP contribution in [0.3, 0.4) is 0 Å². The van der Waals surface area contributed by atoms with Crippen LogP contribution in [0.5, 0.6) is 0 Å². The number of hydrogen-bond donors (Lipinski definition) is 1. The molecule has 0 spiro atoms. The van der Waals surface area contributed by atoms with Crippen molar-refractivity contribution in [3.05, 3.63) is 52.0 Å². The topological polar surface area (TPSA) is 55.6 Å². The molecule has 2 heterocycles. The molecular formula is C14H15N5S. The zero-order valence-corrected chi connectivity index (χ0v) is 12.2. The van der Waals surface area contributed by atoms with Crippen LogP contribution in [0.2, 0.25) is 0 Å². The first-order valence-electron chi connectivity index (χ1n) is 6.37. The summed E-state index contributed by atoms with van der Waals surface area (Å²) in [6.07, 6.45) is 0. The average Bonchev–Trinajstić information content (AvgIpc) is 3.05. The number of tetrazole rings is 1. The van der Waals surface area contributed by atoms with Gasteiger partial charge in [0.25, 0.3) is 0 Å². The third-order valence-electron chi connectivity index (χ3n) is 2.98. The summed E-state index contributed by atoms with van der Waals surface area (Å²) in [7, 11) is 0. The molecule has 0 unspecified atom stereocenters. The summed E-state index contributed by atoms with van der Waals surface area (Å²) < 4.78 is 1.72. The fourth-order valence-electron chi connectivity index (χ4n) is 1.99. The first-order valence-corrected chi connectivity index (χ1v) is 7.18. The first-order chi connectivity index (χ1) is 9.72. The smallest absolute Gasteiger partial charge is 0.153 e. The SMILES string of the molecule is Cc1ccc(CNc2cccc(-n3nnnc3C)c2)s1. The van der Waals surface area contributed by atoms with Gasteiger partial charge in [0.1, 0.15) is 0 Å². The Morgan fingerprint density at radius 2 is 2.10 bits per heavy atom. The molecule has 1 N–H and O–H groups in total. The second kappa shape index (κ2) is 5.42. The minimum atomic E-state index is 0.774. The minimum absolute atomic E-state index is 0.774. The Bertz CT molecular complexity index is 716. The molecule has 0 aliphatic rings. The number of aromatic nitrogens is 4. The van der Waals surface area contributed by atoms with Gasteiger partial charge in [0.05, 0.1) is 5.69 Å². The van der Waals surface area contributed by atoms with E-state index in [0.717, 1.165) is 23.7 Å². The van der Waals surface area contributed by atoms with Gasteiger partial charge in [0.15, 0.2) is 5.82 Å². The third kappa shape index (κ3) is 2.70. The normalized spacial score (nSPS) is 10.7. The Kier molecular flexibility index (Phi) is 3.47. The molecule has 0 aliphatic carbocycles. The van der Waals surface area contributed by atoms with E-state index in [1.165, 1.54) is 9.75 Å². The van der Waals surface area contributed by atoms with E-state index >= 15 is 0 Å². The minimum Gasteiger partial charge on any atom is -0.380 e. The molecule has 0 radical (unpaired) electrons. The molecule has 3 rings (SSSR count). The monoisotopic (exact) mass is 285 g/mol. The first kappa shape index (κ1) is 12.8. The van der Waals surface area contributed by atoms with Gasteiger partial charge >= 0.3 is 0 Å². The number of rotatable bonds is 4. The van der Waals surface area contributed by atoms with Crippen molar-refractivity contribution in [3.8, 4) is 5.69 Å². The van der Waals surface area contributed by atoms with Crippen LogP contribution in [0.15, 0.2) is 36.4 Å². The van der Waals surface area contributed by atoms with Gasteiger partial charge < -0.3 is 5.32 Å². The molecule has 0 fully saturated rings. The standard InChI is InChI=1S/C14H15N5S/c1-10-6-7-14(20-10)9-15-12-4-3-5-13(8-12)19-11(2)16-17-18-19/h3-8,15H,9H2,1-2H3. The summed E-state index contributed by atoms with van der Waals surface area (Å²) in [6, 6.07) is 12.4. The van der Waals surface area contributed by atoms with Gasteiger partial charge in [-0.1, -0.05) is 6.07 Å². The Balaban J connectivity index is 1.76. The van der Waals surface area contributed by atoms with Crippen LogP contribution in [-0.4, -0.2) is 20.2 Å². The Hall–Kier alpha value is -2.21. The van der Waals surface area contributed by atoms with E-state index in [1.807, 2.05) is 42.5 Å². The average molecular weight is 285 g/mol. The summed E-state index contributed by atoms with van der Waals surface area (Å²) in [4.78, 5) is 2.66. The van der Waals surface area contributed by atoms with Crippen molar-refractivity contribution in [2.24, 2.45) is 0 Å². The molecular weight excluding hydrogens is 270 g/mol. The van der Waals surface area contributed by atoms with Crippen LogP contribution >= 0.6 is 11.3 Å². The molecule has 5 nitrogen and oxygen atoms in total. The van der Waals surface area contributed by atoms with E-state index in [9.17, 15) is 0 Å². The van der Waals surface area contributed by atoms with Crippen LogP contribution in [0.25, 0.3) is 5.69 Å². The van der Waals surface area contributed by atoms with Crippen LogP contribution in [0.1, 0.15) is 15.6 Å². The van der Waals surface area contributed by atoms with Crippen LogP contribution in [-0.2, 0) is 6.54 Å². The maximum atomic E-state index is 3.98. The summed E-state index contributed by atoms with van der Waals surface area (Å²) in [5.41, 5.74) is 2.02. The Morgan fingerprint density at radius 1 is 1.20 bits per heavy atom. The molecule has 3 aromatic rings. The Morgan fingerprint density at radius 3 is 2.80 bits per heavy atom. The third-order valence-corrected chi connectivity index (χ3v) is 3.98. The summed E-state index contributed by atoms with van der Waals surface area (Å²) in [5.74, 6) is 0.774. The molecule has 2 aromatic heterocycles. The highest BCUT2D eigenvalue weighted by atomic mass is 32.1. The molecule has 0 aliphatic heterocycles. The highest BCUT2D eigenvalue weighted by Crippen LogP contribution is 2.19. The van der Waals surface area contributed by atoms with Crippen LogP contribution < -0.4 is 5.32 Å². The second-order valence-corrected chi connectivity index (χ2v) is 5.93. The molecule has 1 aromatic carbocycles. The van der Waals surface area contributed by atoms with Crippen molar-refractivity contribution in [2.45, 2.75) is 20.4 Å². The Labute approximate surface area is 121 Å². The molecule has 0 amide bonds. The fourth-order valence-corrected chi connectivity index (χ4v) is 2.82. The van der Waals surface area contributed by atoms with E-state index in [1.54, 1.807) is 4.68 Å². The van der Waals surface area contributed by atoms with Crippen molar-refractivity contribution in [3.63, 3.8) is 0 Å². The quantitative estimate of drug-likeness (QED) is 0.800. The van der Waals surface area contributed by atoms with E-state index in [4.69, 9.17) is 0 Å². The van der Waals surface area contributed by atoms with Crippen LogP contribution in [0, 0.1) is 13.8 Å². The maximum Gasteiger partial charge on any atom is 0.153 e. The molecule has 6 heteroatoms. The highest BCUT2D eigenvalue weighted by molar-refractivity contribution is 7.11. The van der Waals surface area contributed by atoms with Crippen molar-refractivity contribution in [1.82, 2.24) is 20.2 Å². The maximum absolute atomic E-state index is 3.98. The number of nitrogens with zero attached hydrogens (tertiary/aromatic N) is 4. The highest BCUT2D eigenvalue weighted by Gasteiger charge is 2.04. The van der Waals surface area contributed by atoms with Gasteiger partial charge in [-0.05, 0) is 54.6 Å². The van der Waals surface area contributed by atoms with E-state index in [2.05, 4.69) is 39.9 Å². The van der Waals surface area contributed by atoms with Gasteiger partial charge in [0.2, 0.25) is 0 Å². The van der Waals surface area contributed by atoms with E-state index < -0.39 is 0 Å². The van der Waals surface area contributed by atoms with Gasteiger partial charge in [-0.15, -0.1) is 16.4 Å². The zero-order chi connectivity index (χ0) is 13.9. The number of anilines is 1. The predicted molar refractivity (Wildman–Crippen MR) is 80.3 cm³/mol. The number of hydrogen-bond acceptors (Lipinski definition) is 5. The lowest BCUT2D eigenvalue weighted by molar-refractivity contribution is 0.779.